The number of methoxy groups -OCH3 is 1. The van der Waals surface area contributed by atoms with Gasteiger partial charge in [-0.25, -0.2) is 0 Å². The number of aryl methyl sites for hydroxylation is 2. The number of aromatic nitrogens is 1. The smallest absolute Gasteiger partial charge is 0.191 e. The largest absolute Gasteiger partial charge is 0.496 e. The van der Waals surface area contributed by atoms with Crippen molar-refractivity contribution in [2.24, 2.45) is 4.99 Å². The molecule has 0 saturated carbocycles. The molecule has 0 aliphatic heterocycles. The van der Waals surface area contributed by atoms with E-state index in [1.807, 2.05) is 33.0 Å². The molecule has 1 aromatic heterocycles. The van der Waals surface area contributed by atoms with Crippen LogP contribution in [-0.2, 0) is 17.8 Å². The lowest BCUT2D eigenvalue weighted by Crippen LogP contribution is -2.36. The van der Waals surface area contributed by atoms with E-state index in [0.717, 1.165) is 39.4 Å². The summed E-state index contributed by atoms with van der Waals surface area (Å²) in [5.41, 5.74) is 5.20. The second kappa shape index (κ2) is 14.1. The summed E-state index contributed by atoms with van der Waals surface area (Å²) in [6.07, 6.45) is 1.83. The van der Waals surface area contributed by atoms with Gasteiger partial charge in [0.1, 0.15) is 18.1 Å². The highest BCUT2D eigenvalue weighted by molar-refractivity contribution is 14.0. The molecule has 0 fully saturated rings. The van der Waals surface area contributed by atoms with Crippen LogP contribution in [0.1, 0.15) is 34.9 Å². The van der Waals surface area contributed by atoms with Gasteiger partial charge in [0.2, 0.25) is 0 Å². The Kier molecular flexibility index (Phi) is 12.2. The first-order chi connectivity index (χ1) is 14.5. The second-order valence-corrected chi connectivity index (χ2v) is 6.98. The Morgan fingerprint density at radius 1 is 1.10 bits per heavy atom. The highest BCUT2D eigenvalue weighted by atomic mass is 127. The number of halogens is 1. The molecule has 0 aliphatic carbocycles. The molecule has 7 nitrogen and oxygen atoms in total. The summed E-state index contributed by atoms with van der Waals surface area (Å²) < 4.78 is 16.8. The number of rotatable bonds is 10. The molecule has 1 heterocycles. The van der Waals surface area contributed by atoms with Gasteiger partial charge in [-0.1, -0.05) is 12.1 Å². The molecule has 0 saturated heterocycles. The van der Waals surface area contributed by atoms with Gasteiger partial charge in [-0.15, -0.1) is 24.0 Å². The molecule has 31 heavy (non-hydrogen) atoms. The topological polar surface area (TPSA) is 77.0 Å². The van der Waals surface area contributed by atoms with Crippen LogP contribution in [-0.4, -0.2) is 44.9 Å². The zero-order valence-corrected chi connectivity index (χ0v) is 21.7. The minimum absolute atomic E-state index is 0. The Hall–Kier alpha value is -2.07. The number of nitrogens with zero attached hydrogens (tertiary/aromatic N) is 2. The van der Waals surface area contributed by atoms with Crippen molar-refractivity contribution in [2.75, 3.05) is 34.0 Å². The van der Waals surface area contributed by atoms with Crippen LogP contribution in [0.2, 0.25) is 0 Å². The van der Waals surface area contributed by atoms with Gasteiger partial charge in [0.25, 0.3) is 0 Å². The molecule has 172 valence electrons. The van der Waals surface area contributed by atoms with E-state index in [1.54, 1.807) is 14.2 Å². The maximum Gasteiger partial charge on any atom is 0.191 e. The average Bonchev–Trinajstić information content (AvgIpc) is 2.74. The van der Waals surface area contributed by atoms with Crippen LogP contribution in [0.5, 0.6) is 11.5 Å². The average molecular weight is 542 g/mol. The van der Waals surface area contributed by atoms with E-state index in [4.69, 9.17) is 14.2 Å². The summed E-state index contributed by atoms with van der Waals surface area (Å²) in [4.78, 5) is 8.84. The van der Waals surface area contributed by atoms with Gasteiger partial charge in [0.15, 0.2) is 5.96 Å². The lowest BCUT2D eigenvalue weighted by molar-refractivity contribution is 0.110. The number of aliphatic imine (C=N–C) groups is 1. The van der Waals surface area contributed by atoms with Crippen LogP contribution in [0.4, 0.5) is 0 Å². The standard InChI is InChI=1S/C23H34N4O3.HI/c1-7-29-10-11-30-21-12-16(2)8-9-19(21)14-26-23(24-5)27-15-20-18(4)22(28-6)17(3)13-25-20;/h8-9,12-13H,7,10-11,14-15H2,1-6H3,(H2,24,26,27);1H. The Balaban J connectivity index is 0.00000480. The first kappa shape index (κ1) is 27.0. The van der Waals surface area contributed by atoms with E-state index < -0.39 is 0 Å². The number of ether oxygens (including phenoxy) is 3. The van der Waals surface area contributed by atoms with Crippen molar-refractivity contribution in [1.29, 1.82) is 0 Å². The van der Waals surface area contributed by atoms with Gasteiger partial charge in [0, 0.05) is 43.1 Å². The summed E-state index contributed by atoms with van der Waals surface area (Å²) in [6, 6.07) is 6.20. The third kappa shape index (κ3) is 8.17. The monoisotopic (exact) mass is 542 g/mol. The van der Waals surface area contributed by atoms with E-state index >= 15 is 0 Å². The van der Waals surface area contributed by atoms with Crippen LogP contribution in [0, 0.1) is 20.8 Å². The van der Waals surface area contributed by atoms with Gasteiger partial charge in [-0.05, 0) is 39.3 Å². The van der Waals surface area contributed by atoms with Gasteiger partial charge in [-0.3, -0.25) is 9.98 Å². The van der Waals surface area contributed by atoms with Crippen molar-refractivity contribution in [3.63, 3.8) is 0 Å². The highest BCUT2D eigenvalue weighted by Crippen LogP contribution is 2.24. The Morgan fingerprint density at radius 2 is 1.84 bits per heavy atom. The van der Waals surface area contributed by atoms with Crippen molar-refractivity contribution in [3.8, 4) is 11.5 Å². The van der Waals surface area contributed by atoms with Crippen LogP contribution < -0.4 is 20.1 Å². The molecular formula is C23H35IN4O3. The molecule has 2 rings (SSSR count). The quantitative estimate of drug-likeness (QED) is 0.205. The number of pyridine rings is 1. The lowest BCUT2D eigenvalue weighted by Gasteiger charge is -2.17. The Labute approximate surface area is 203 Å². The predicted octanol–water partition coefficient (Wildman–Crippen LogP) is 3.91. The van der Waals surface area contributed by atoms with E-state index in [-0.39, 0.29) is 24.0 Å². The van der Waals surface area contributed by atoms with E-state index in [1.165, 1.54) is 0 Å². The van der Waals surface area contributed by atoms with Crippen LogP contribution in [0.3, 0.4) is 0 Å². The van der Waals surface area contributed by atoms with E-state index in [9.17, 15) is 0 Å². The number of hydrogen-bond acceptors (Lipinski definition) is 5. The summed E-state index contributed by atoms with van der Waals surface area (Å²) in [5.74, 6) is 2.42. The number of nitrogens with one attached hydrogen (secondary N) is 2. The van der Waals surface area contributed by atoms with Crippen molar-refractivity contribution in [3.05, 3.63) is 52.3 Å². The third-order valence-electron chi connectivity index (χ3n) is 4.75. The van der Waals surface area contributed by atoms with Gasteiger partial charge >= 0.3 is 0 Å². The molecule has 0 aliphatic rings. The summed E-state index contributed by atoms with van der Waals surface area (Å²) >= 11 is 0. The molecule has 2 N–H and O–H groups in total. The van der Waals surface area contributed by atoms with Gasteiger partial charge in [0.05, 0.1) is 26.0 Å². The molecule has 1 aromatic carbocycles. The molecule has 0 unspecified atom stereocenters. The first-order valence-corrected chi connectivity index (χ1v) is 10.2. The van der Waals surface area contributed by atoms with Gasteiger partial charge in [-0.2, -0.15) is 0 Å². The molecular weight excluding hydrogens is 507 g/mol. The summed E-state index contributed by atoms with van der Waals surface area (Å²) in [7, 11) is 3.43. The summed E-state index contributed by atoms with van der Waals surface area (Å²) in [5, 5.41) is 6.66. The predicted molar refractivity (Wildman–Crippen MR) is 136 cm³/mol. The normalized spacial score (nSPS) is 11.0. The fraction of sp³-hybridized carbons (Fsp3) is 0.478. The summed E-state index contributed by atoms with van der Waals surface area (Å²) in [6.45, 7) is 11.0. The maximum atomic E-state index is 5.92. The van der Waals surface area contributed by atoms with Crippen molar-refractivity contribution in [2.45, 2.75) is 40.8 Å². The number of benzene rings is 1. The van der Waals surface area contributed by atoms with E-state index in [2.05, 4.69) is 39.7 Å². The van der Waals surface area contributed by atoms with E-state index in [0.29, 0.717) is 38.9 Å². The van der Waals surface area contributed by atoms with Crippen molar-refractivity contribution < 1.29 is 14.2 Å². The van der Waals surface area contributed by atoms with Crippen LogP contribution >= 0.6 is 24.0 Å². The second-order valence-electron chi connectivity index (χ2n) is 6.98. The zero-order valence-electron chi connectivity index (χ0n) is 19.4. The maximum absolute atomic E-state index is 5.92. The molecule has 0 atom stereocenters. The first-order valence-electron chi connectivity index (χ1n) is 10.2. The Morgan fingerprint density at radius 3 is 2.52 bits per heavy atom. The third-order valence-corrected chi connectivity index (χ3v) is 4.75. The SMILES string of the molecule is CCOCCOc1cc(C)ccc1CNC(=NC)NCc1ncc(C)c(OC)c1C.I. The lowest BCUT2D eigenvalue weighted by atomic mass is 10.1. The fourth-order valence-electron chi connectivity index (χ4n) is 3.11. The van der Waals surface area contributed by atoms with Crippen molar-refractivity contribution >= 4 is 29.9 Å². The molecule has 0 spiro atoms. The van der Waals surface area contributed by atoms with Gasteiger partial charge < -0.3 is 24.8 Å². The molecule has 0 amide bonds. The fourth-order valence-corrected chi connectivity index (χ4v) is 3.11. The molecule has 0 radical (unpaired) electrons. The van der Waals surface area contributed by atoms with Crippen LogP contribution in [0.25, 0.3) is 0 Å². The Bertz CT molecular complexity index is 859. The molecule has 2 aromatic rings. The molecule has 8 heteroatoms. The van der Waals surface area contributed by atoms with Crippen LogP contribution in [0.15, 0.2) is 29.4 Å². The zero-order chi connectivity index (χ0) is 21.9. The highest BCUT2D eigenvalue weighted by Gasteiger charge is 2.11. The minimum atomic E-state index is 0. The number of hydrogen-bond donors (Lipinski definition) is 2. The minimum Gasteiger partial charge on any atom is -0.496 e. The molecule has 0 bridgehead atoms. The number of guanidine groups is 1. The van der Waals surface area contributed by atoms with Crippen molar-refractivity contribution in [1.82, 2.24) is 15.6 Å².